The number of ketones is 2. The Morgan fingerprint density at radius 3 is 2.55 bits per heavy atom. The minimum Gasteiger partial charge on any atom is -0.475 e. The van der Waals surface area contributed by atoms with E-state index in [2.05, 4.69) is 0 Å². The fourth-order valence-corrected chi connectivity index (χ4v) is 7.74. The lowest BCUT2D eigenvalue weighted by Gasteiger charge is -2.59. The molecule has 0 bridgehead atoms. The van der Waals surface area contributed by atoms with Crippen molar-refractivity contribution in [3.8, 4) is 0 Å². The second kappa shape index (κ2) is 6.48. The summed E-state index contributed by atoms with van der Waals surface area (Å²) in [5.74, 6) is -4.21. The second-order valence-electron chi connectivity index (χ2n) is 9.88. The fraction of sp³-hybridized carbons (Fsp3) is 0.682. The van der Waals surface area contributed by atoms with Crippen LogP contribution in [0.1, 0.15) is 40.0 Å². The summed E-state index contributed by atoms with van der Waals surface area (Å²) >= 11 is 6.12. The normalized spacial score (nSPS) is 48.8. The number of carboxylic acid groups (broad SMARTS) is 1. The number of aliphatic hydroxyl groups is 1. The van der Waals surface area contributed by atoms with E-state index in [9.17, 15) is 24.6 Å². The van der Waals surface area contributed by atoms with Crippen LogP contribution < -0.4 is 0 Å². The van der Waals surface area contributed by atoms with E-state index in [1.165, 1.54) is 6.08 Å². The van der Waals surface area contributed by atoms with E-state index in [4.69, 9.17) is 11.6 Å². The molecule has 0 aromatic carbocycles. The molecule has 4 aliphatic rings. The van der Waals surface area contributed by atoms with Gasteiger partial charge in [-0.15, -0.1) is 0 Å². The Morgan fingerprint density at radius 2 is 1.93 bits per heavy atom. The standard InChI is InChI=1S/C22H26ClFO5/c1-9-4-11-10-5-14(24)12-6-15(25)13(23)7-21(12,2)18(10)16(26)8-22(11,3)17(9)19(27)20(28)29/h6-7,9-11,14,16-18,26H,4-5,8H2,1-3H3,(H,28,29)/t9?,10-,11-,14?,16?,17+,18+,21-,22-/m0/s1. The maximum Gasteiger partial charge on any atom is 0.372 e. The summed E-state index contributed by atoms with van der Waals surface area (Å²) in [6.45, 7) is 5.57. The van der Waals surface area contributed by atoms with Gasteiger partial charge in [0.15, 0.2) is 5.78 Å². The van der Waals surface area contributed by atoms with Gasteiger partial charge in [0.05, 0.1) is 11.1 Å². The fourth-order valence-electron chi connectivity index (χ4n) is 7.45. The van der Waals surface area contributed by atoms with E-state index in [0.29, 0.717) is 12.0 Å². The van der Waals surface area contributed by atoms with Crippen molar-refractivity contribution in [1.29, 1.82) is 0 Å². The van der Waals surface area contributed by atoms with Crippen LogP contribution in [0.2, 0.25) is 0 Å². The molecule has 3 saturated carbocycles. The Morgan fingerprint density at radius 1 is 1.28 bits per heavy atom. The van der Waals surface area contributed by atoms with E-state index in [1.54, 1.807) is 6.08 Å². The van der Waals surface area contributed by atoms with Gasteiger partial charge >= 0.3 is 5.97 Å². The van der Waals surface area contributed by atoms with Crippen LogP contribution in [-0.2, 0) is 14.4 Å². The third kappa shape index (κ3) is 2.71. The van der Waals surface area contributed by atoms with E-state index in [0.717, 1.165) is 0 Å². The van der Waals surface area contributed by atoms with Gasteiger partial charge in [0.1, 0.15) is 6.17 Å². The maximum atomic E-state index is 15.3. The quantitative estimate of drug-likeness (QED) is 0.663. The number of carboxylic acids is 1. The van der Waals surface area contributed by atoms with Gasteiger partial charge in [-0.05, 0) is 54.1 Å². The van der Waals surface area contributed by atoms with Gasteiger partial charge < -0.3 is 10.2 Å². The zero-order chi connectivity index (χ0) is 21.5. The van der Waals surface area contributed by atoms with Crippen LogP contribution in [0.3, 0.4) is 0 Å². The van der Waals surface area contributed by atoms with Gasteiger partial charge in [0.2, 0.25) is 5.78 Å². The lowest BCUT2D eigenvalue weighted by atomic mass is 9.46. The summed E-state index contributed by atoms with van der Waals surface area (Å²) in [4.78, 5) is 36.0. The molecule has 0 aliphatic heterocycles. The first-order chi connectivity index (χ1) is 13.4. The predicted octanol–water partition coefficient (Wildman–Crippen LogP) is 3.30. The molecule has 0 radical (unpaired) electrons. The SMILES string of the molecule is CC1C[C@H]2[C@@H]3CC(F)C4=CC(=O)C(Cl)=C[C@]4(C)[C@H]3C(O)C[C@]2(C)[C@H]1C(=O)C(=O)O. The molecule has 0 aromatic heterocycles. The monoisotopic (exact) mass is 424 g/mol. The van der Waals surface area contributed by atoms with Crippen LogP contribution in [-0.4, -0.2) is 40.0 Å². The first-order valence-electron chi connectivity index (χ1n) is 10.2. The molecule has 4 aliphatic carbocycles. The summed E-state index contributed by atoms with van der Waals surface area (Å²) in [7, 11) is 0. The van der Waals surface area contributed by atoms with Crippen LogP contribution in [0.4, 0.5) is 4.39 Å². The first kappa shape index (κ1) is 20.7. The topological polar surface area (TPSA) is 91.7 Å². The van der Waals surface area contributed by atoms with E-state index in [-0.39, 0.29) is 41.5 Å². The number of allylic oxidation sites excluding steroid dienone is 4. The average molecular weight is 425 g/mol. The largest absolute Gasteiger partial charge is 0.475 e. The minimum absolute atomic E-state index is 0.0309. The smallest absolute Gasteiger partial charge is 0.372 e. The highest BCUT2D eigenvalue weighted by atomic mass is 35.5. The van der Waals surface area contributed by atoms with Crippen molar-refractivity contribution in [3.05, 3.63) is 22.8 Å². The lowest BCUT2D eigenvalue weighted by Crippen LogP contribution is -2.58. The lowest BCUT2D eigenvalue weighted by molar-refractivity contribution is -0.159. The van der Waals surface area contributed by atoms with Crippen molar-refractivity contribution in [1.82, 2.24) is 0 Å². The van der Waals surface area contributed by atoms with Crippen molar-refractivity contribution in [2.45, 2.75) is 52.3 Å². The highest BCUT2D eigenvalue weighted by Crippen LogP contribution is 2.67. The zero-order valence-corrected chi connectivity index (χ0v) is 17.4. The van der Waals surface area contributed by atoms with Crippen LogP contribution >= 0.6 is 11.6 Å². The average Bonchev–Trinajstić information content (AvgIpc) is 2.86. The second-order valence-corrected chi connectivity index (χ2v) is 10.3. The molecule has 0 saturated heterocycles. The van der Waals surface area contributed by atoms with Gasteiger partial charge in [0, 0.05) is 17.3 Å². The number of aliphatic hydroxyl groups excluding tert-OH is 1. The molecular weight excluding hydrogens is 399 g/mol. The summed E-state index contributed by atoms with van der Waals surface area (Å²) in [5.41, 5.74) is -1.23. The van der Waals surface area contributed by atoms with Crippen molar-refractivity contribution in [2.24, 2.45) is 40.4 Å². The molecule has 0 spiro atoms. The van der Waals surface area contributed by atoms with Crippen molar-refractivity contribution >= 4 is 29.1 Å². The van der Waals surface area contributed by atoms with E-state index < -0.39 is 46.6 Å². The molecule has 3 unspecified atom stereocenters. The molecular formula is C22H26ClFO5. The molecule has 3 fully saturated rings. The van der Waals surface area contributed by atoms with E-state index >= 15 is 4.39 Å². The third-order valence-corrected chi connectivity index (χ3v) is 8.66. The Labute approximate surface area is 174 Å². The van der Waals surface area contributed by atoms with Crippen molar-refractivity contribution < 1.29 is 29.0 Å². The highest BCUT2D eigenvalue weighted by Gasteiger charge is 2.66. The number of fused-ring (bicyclic) bond motifs is 5. The first-order valence-corrected chi connectivity index (χ1v) is 10.5. The molecule has 0 amide bonds. The number of rotatable bonds is 2. The molecule has 29 heavy (non-hydrogen) atoms. The zero-order valence-electron chi connectivity index (χ0n) is 16.7. The van der Waals surface area contributed by atoms with Crippen LogP contribution in [0, 0.1) is 40.4 Å². The number of carbonyl (C=O) groups is 3. The van der Waals surface area contributed by atoms with Gasteiger partial charge in [0.25, 0.3) is 0 Å². The van der Waals surface area contributed by atoms with Crippen LogP contribution in [0.5, 0.6) is 0 Å². The van der Waals surface area contributed by atoms with Crippen molar-refractivity contribution in [3.63, 3.8) is 0 Å². The van der Waals surface area contributed by atoms with Gasteiger partial charge in [-0.3, -0.25) is 9.59 Å². The van der Waals surface area contributed by atoms with E-state index in [1.807, 2.05) is 20.8 Å². The summed E-state index contributed by atoms with van der Waals surface area (Å²) < 4.78 is 15.3. The molecule has 9 atom stereocenters. The molecule has 2 N–H and O–H groups in total. The molecule has 0 heterocycles. The van der Waals surface area contributed by atoms with Gasteiger partial charge in [-0.1, -0.05) is 38.4 Å². The number of alkyl halides is 1. The molecule has 4 rings (SSSR count). The van der Waals surface area contributed by atoms with Crippen molar-refractivity contribution in [2.75, 3.05) is 0 Å². The Balaban J connectivity index is 1.79. The predicted molar refractivity (Wildman–Crippen MR) is 104 cm³/mol. The van der Waals surface area contributed by atoms with Crippen LogP contribution in [0.25, 0.3) is 0 Å². The molecule has 7 heteroatoms. The number of aliphatic carboxylic acids is 1. The highest BCUT2D eigenvalue weighted by molar-refractivity contribution is 6.44. The number of halogens is 2. The number of hydrogen-bond donors (Lipinski definition) is 2. The summed E-state index contributed by atoms with van der Waals surface area (Å²) in [6.07, 6.45) is 1.70. The maximum absolute atomic E-state index is 15.3. The number of carbonyl (C=O) groups excluding carboxylic acids is 2. The Hall–Kier alpha value is -1.53. The molecule has 158 valence electrons. The van der Waals surface area contributed by atoms with Gasteiger partial charge in [-0.25, -0.2) is 9.18 Å². The minimum atomic E-state index is -1.45. The Bertz CT molecular complexity index is 865. The van der Waals surface area contributed by atoms with Crippen LogP contribution in [0.15, 0.2) is 22.8 Å². The Kier molecular flexibility index (Phi) is 4.63. The van der Waals surface area contributed by atoms with Gasteiger partial charge in [-0.2, -0.15) is 0 Å². The summed E-state index contributed by atoms with van der Waals surface area (Å²) in [6, 6.07) is 0. The summed E-state index contributed by atoms with van der Waals surface area (Å²) in [5, 5.41) is 20.6. The molecule has 5 nitrogen and oxygen atoms in total. The molecule has 0 aromatic rings. The number of hydrogen-bond acceptors (Lipinski definition) is 4. The third-order valence-electron chi connectivity index (χ3n) is 8.37. The number of Topliss-reactive ketones (excluding diaryl/α,β-unsaturated/α-hetero) is 1.